The van der Waals surface area contributed by atoms with Gasteiger partial charge < -0.3 is 4.57 Å². The average molecular weight is 274 g/mol. The molecule has 1 rings (SSSR count). The van der Waals surface area contributed by atoms with Crippen molar-refractivity contribution in [3.63, 3.8) is 0 Å². The van der Waals surface area contributed by atoms with Crippen LogP contribution in [-0.4, -0.2) is 35.0 Å². The molecule has 0 saturated carbocycles. The Morgan fingerprint density at radius 3 is 2.56 bits per heavy atom. The molecule has 1 aromatic rings. The summed E-state index contributed by atoms with van der Waals surface area (Å²) in [6.07, 6.45) is 6.11. The Morgan fingerprint density at radius 2 is 2.17 bits per heavy atom. The summed E-state index contributed by atoms with van der Waals surface area (Å²) >= 11 is 0. The first-order chi connectivity index (χ1) is 8.20. The van der Waals surface area contributed by atoms with Crippen molar-refractivity contribution in [1.29, 1.82) is 0 Å². The summed E-state index contributed by atoms with van der Waals surface area (Å²) in [7, 11) is -1.27. The molecule has 0 radical (unpaired) electrons. The van der Waals surface area contributed by atoms with Gasteiger partial charge in [0.25, 0.3) is 0 Å². The molecule has 18 heavy (non-hydrogen) atoms. The van der Waals surface area contributed by atoms with Crippen LogP contribution in [0.1, 0.15) is 26.1 Å². The van der Waals surface area contributed by atoms with Crippen molar-refractivity contribution < 1.29 is 8.42 Å². The molecule has 0 saturated heterocycles. The van der Waals surface area contributed by atoms with E-state index in [9.17, 15) is 8.42 Å². The van der Waals surface area contributed by atoms with Gasteiger partial charge in [0.1, 0.15) is 5.82 Å². The second-order valence-corrected chi connectivity index (χ2v) is 7.68. The summed E-state index contributed by atoms with van der Waals surface area (Å²) in [5, 5.41) is 0. The van der Waals surface area contributed by atoms with Crippen LogP contribution in [0.25, 0.3) is 0 Å². The lowest BCUT2D eigenvalue weighted by molar-refractivity contribution is 0.391. The van der Waals surface area contributed by atoms with Crippen LogP contribution in [0.15, 0.2) is 12.4 Å². The Labute approximate surface area is 108 Å². The number of aryl methyl sites for hydroxylation is 2. The number of hydrazine groups is 1. The Balaban J connectivity index is 2.78. The third-order valence-electron chi connectivity index (χ3n) is 3.57. The zero-order valence-electron chi connectivity index (χ0n) is 11.3. The summed E-state index contributed by atoms with van der Waals surface area (Å²) in [6, 6.07) is -0.316. The van der Waals surface area contributed by atoms with Gasteiger partial charge in [0.2, 0.25) is 0 Å². The largest absolute Gasteiger partial charge is 0.338 e. The zero-order valence-corrected chi connectivity index (χ0v) is 12.2. The number of nitrogens with two attached hydrogens (primary N) is 1. The van der Waals surface area contributed by atoms with Crippen LogP contribution in [0.3, 0.4) is 0 Å². The van der Waals surface area contributed by atoms with Crippen LogP contribution in [0, 0.1) is 0 Å². The number of aromatic nitrogens is 2. The highest BCUT2D eigenvalue weighted by Crippen LogP contribution is 2.23. The molecule has 0 aliphatic carbocycles. The van der Waals surface area contributed by atoms with E-state index in [1.807, 2.05) is 17.8 Å². The second-order valence-electron chi connectivity index (χ2n) is 5.09. The molecule has 3 N–H and O–H groups in total. The number of nitrogens with zero attached hydrogens (tertiary/aromatic N) is 2. The van der Waals surface area contributed by atoms with Gasteiger partial charge in [-0.05, 0) is 20.3 Å². The number of hydrogen-bond acceptors (Lipinski definition) is 5. The smallest absolute Gasteiger partial charge is 0.154 e. The highest BCUT2D eigenvalue weighted by Gasteiger charge is 2.38. The third-order valence-corrected chi connectivity index (χ3v) is 5.77. The molecule has 7 heteroatoms. The minimum atomic E-state index is -3.18. The summed E-state index contributed by atoms with van der Waals surface area (Å²) in [5.41, 5.74) is 2.61. The van der Waals surface area contributed by atoms with E-state index in [0.29, 0.717) is 12.8 Å². The first-order valence-electron chi connectivity index (χ1n) is 5.82. The summed E-state index contributed by atoms with van der Waals surface area (Å²) in [6.45, 7) is 3.37. The zero-order chi connectivity index (χ0) is 14.0. The van der Waals surface area contributed by atoms with Crippen molar-refractivity contribution >= 4 is 9.84 Å². The van der Waals surface area contributed by atoms with Crippen LogP contribution >= 0.6 is 0 Å². The Bertz CT molecular complexity index is 493. The molecule has 1 aromatic heterocycles. The highest BCUT2D eigenvalue weighted by molar-refractivity contribution is 7.92. The number of rotatable bonds is 6. The molecule has 0 spiro atoms. The molecule has 6 nitrogen and oxygen atoms in total. The van der Waals surface area contributed by atoms with Crippen molar-refractivity contribution in [1.82, 2.24) is 15.0 Å². The fourth-order valence-electron chi connectivity index (χ4n) is 1.80. The minimum absolute atomic E-state index is 0.316. The minimum Gasteiger partial charge on any atom is -0.338 e. The van der Waals surface area contributed by atoms with Gasteiger partial charge in [0.05, 0.1) is 4.75 Å². The van der Waals surface area contributed by atoms with Crippen LogP contribution in [0.4, 0.5) is 0 Å². The van der Waals surface area contributed by atoms with Crippen LogP contribution in [0.5, 0.6) is 0 Å². The maximum Gasteiger partial charge on any atom is 0.154 e. The number of imidazole rings is 1. The molecule has 1 unspecified atom stereocenters. The van der Waals surface area contributed by atoms with Gasteiger partial charge in [-0.2, -0.15) is 0 Å². The Morgan fingerprint density at radius 1 is 1.56 bits per heavy atom. The molecule has 0 aromatic carbocycles. The van der Waals surface area contributed by atoms with E-state index >= 15 is 0 Å². The fourth-order valence-corrected chi connectivity index (χ4v) is 2.50. The van der Waals surface area contributed by atoms with Crippen LogP contribution in [-0.2, 0) is 23.3 Å². The van der Waals surface area contributed by atoms with Crippen LogP contribution < -0.4 is 11.3 Å². The lowest BCUT2D eigenvalue weighted by Gasteiger charge is -2.32. The van der Waals surface area contributed by atoms with E-state index in [1.54, 1.807) is 20.0 Å². The average Bonchev–Trinajstić information content (AvgIpc) is 2.63. The molecular formula is C11H22N4O2S. The second kappa shape index (κ2) is 5.38. The topological polar surface area (TPSA) is 90.0 Å². The fraction of sp³-hybridized carbons (Fsp3) is 0.727. The first kappa shape index (κ1) is 15.1. The van der Waals surface area contributed by atoms with Gasteiger partial charge >= 0.3 is 0 Å². The van der Waals surface area contributed by atoms with Gasteiger partial charge in [-0.15, -0.1) is 0 Å². The van der Waals surface area contributed by atoms with Crippen molar-refractivity contribution in [3.05, 3.63) is 18.2 Å². The van der Waals surface area contributed by atoms with Crippen molar-refractivity contribution in [2.45, 2.75) is 37.5 Å². The molecule has 1 atom stereocenters. The molecule has 0 fully saturated rings. The van der Waals surface area contributed by atoms with Gasteiger partial charge in [0.15, 0.2) is 9.84 Å². The molecule has 0 bridgehead atoms. The Kier molecular flexibility index (Phi) is 4.52. The number of hydrogen-bond donors (Lipinski definition) is 2. The Hall–Kier alpha value is -0.920. The van der Waals surface area contributed by atoms with Crippen LogP contribution in [0.2, 0.25) is 0 Å². The van der Waals surface area contributed by atoms with E-state index in [1.165, 1.54) is 6.26 Å². The maximum atomic E-state index is 11.8. The number of sulfone groups is 1. The summed E-state index contributed by atoms with van der Waals surface area (Å²) in [4.78, 5) is 4.21. The van der Waals surface area contributed by atoms with Crippen molar-refractivity contribution in [2.75, 3.05) is 6.26 Å². The van der Waals surface area contributed by atoms with E-state index in [0.717, 1.165) is 5.82 Å². The van der Waals surface area contributed by atoms with Crippen molar-refractivity contribution in [3.8, 4) is 0 Å². The lowest BCUT2D eigenvalue weighted by atomic mass is 9.99. The molecular weight excluding hydrogens is 252 g/mol. The first-order valence-corrected chi connectivity index (χ1v) is 7.71. The van der Waals surface area contributed by atoms with Gasteiger partial charge in [-0.1, -0.05) is 0 Å². The monoisotopic (exact) mass is 274 g/mol. The standard InChI is InChI=1S/C11H22N4O2S/c1-11(2,18(4,16)17)9(14-12)5-6-10-13-7-8-15(10)3/h7-9,14H,5-6,12H2,1-4H3. The molecule has 0 aliphatic rings. The summed E-state index contributed by atoms with van der Waals surface area (Å²) in [5.74, 6) is 6.41. The quantitative estimate of drug-likeness (QED) is 0.563. The third kappa shape index (κ3) is 3.09. The summed E-state index contributed by atoms with van der Waals surface area (Å²) < 4.78 is 24.5. The van der Waals surface area contributed by atoms with E-state index in [-0.39, 0.29) is 6.04 Å². The molecule has 0 amide bonds. The van der Waals surface area contributed by atoms with Crippen molar-refractivity contribution in [2.24, 2.45) is 12.9 Å². The van der Waals surface area contributed by atoms with E-state index in [2.05, 4.69) is 10.4 Å². The van der Waals surface area contributed by atoms with Gasteiger partial charge in [0, 0.05) is 38.2 Å². The van der Waals surface area contributed by atoms with Gasteiger partial charge in [-0.3, -0.25) is 11.3 Å². The molecule has 0 aliphatic heterocycles. The molecule has 104 valence electrons. The predicted octanol–water partition coefficient (Wildman–Crippen LogP) is 0.00780. The predicted molar refractivity (Wildman–Crippen MR) is 71.6 cm³/mol. The van der Waals surface area contributed by atoms with E-state index in [4.69, 9.17) is 5.84 Å². The SMILES string of the molecule is Cn1ccnc1CCC(NN)C(C)(C)S(C)(=O)=O. The van der Waals surface area contributed by atoms with E-state index < -0.39 is 14.6 Å². The highest BCUT2D eigenvalue weighted by atomic mass is 32.2. The normalized spacial score (nSPS) is 14.7. The lowest BCUT2D eigenvalue weighted by Crippen LogP contribution is -2.54. The van der Waals surface area contributed by atoms with Gasteiger partial charge in [-0.25, -0.2) is 13.4 Å². The number of nitrogens with one attached hydrogen (secondary N) is 1. The molecule has 1 heterocycles. The maximum absolute atomic E-state index is 11.8.